The summed E-state index contributed by atoms with van der Waals surface area (Å²) >= 11 is 12.0. The molecule has 0 aliphatic rings. The summed E-state index contributed by atoms with van der Waals surface area (Å²) < 4.78 is 1.66. The monoisotopic (exact) mass is 396 g/mol. The molecule has 2 aromatic carbocycles. The Morgan fingerprint density at radius 2 is 1.76 bits per heavy atom. The second-order valence-corrected chi connectivity index (χ2v) is 6.31. The minimum atomic E-state index is -1.06. The van der Waals surface area contributed by atoms with E-state index in [1.54, 1.807) is 22.9 Å². The topological polar surface area (TPSA) is 55.1 Å². The predicted molar refractivity (Wildman–Crippen MR) is 102 cm³/mol. The average Bonchev–Trinajstić information content (AvgIpc) is 2.96. The van der Waals surface area contributed by atoms with Gasteiger partial charge >= 0.3 is 5.97 Å². The van der Waals surface area contributed by atoms with Crippen molar-refractivity contribution in [3.8, 4) is 11.3 Å². The molecule has 0 spiro atoms. The summed E-state index contributed by atoms with van der Waals surface area (Å²) in [5.74, 6) is -1.06. The Kier molecular flexibility index (Phi) is 6.11. The van der Waals surface area contributed by atoms with Crippen LogP contribution >= 0.6 is 35.6 Å². The zero-order valence-electron chi connectivity index (χ0n) is 13.2. The minimum Gasteiger partial charge on any atom is -0.476 e. The molecule has 0 fully saturated rings. The summed E-state index contributed by atoms with van der Waals surface area (Å²) in [4.78, 5) is 11.3. The standard InChI is InChI=1S/C18H14Cl2N2O2.ClH/c1-11-2-5-13(6-3-11)17-9-16(18(23)24)21-22(17)10-12-4-7-14(19)15(20)8-12;/h2-9H,10H2,1H3,(H,23,24);1H. The number of aryl methyl sites for hydroxylation is 1. The second kappa shape index (κ2) is 7.91. The highest BCUT2D eigenvalue weighted by Crippen LogP contribution is 2.25. The molecule has 0 amide bonds. The number of carboxylic acids is 1. The van der Waals surface area contributed by atoms with Crippen molar-refractivity contribution in [3.63, 3.8) is 0 Å². The molecule has 3 aromatic rings. The smallest absolute Gasteiger partial charge is 0.356 e. The van der Waals surface area contributed by atoms with Gasteiger partial charge in [0.25, 0.3) is 0 Å². The van der Waals surface area contributed by atoms with E-state index in [0.29, 0.717) is 16.6 Å². The lowest BCUT2D eigenvalue weighted by molar-refractivity contribution is 0.0689. The number of hydrogen-bond donors (Lipinski definition) is 1. The summed E-state index contributed by atoms with van der Waals surface area (Å²) in [6.45, 7) is 2.40. The summed E-state index contributed by atoms with van der Waals surface area (Å²) in [5, 5.41) is 14.4. The van der Waals surface area contributed by atoms with E-state index in [1.165, 1.54) is 0 Å². The third kappa shape index (κ3) is 4.34. The molecule has 0 bridgehead atoms. The van der Waals surface area contributed by atoms with Crippen molar-refractivity contribution in [2.45, 2.75) is 13.5 Å². The molecule has 0 unspecified atom stereocenters. The molecule has 0 saturated heterocycles. The molecule has 7 heteroatoms. The maximum Gasteiger partial charge on any atom is 0.356 e. The molecule has 0 radical (unpaired) electrons. The predicted octanol–water partition coefficient (Wildman–Crippen LogP) is 5.33. The lowest BCUT2D eigenvalue weighted by Crippen LogP contribution is -2.06. The zero-order chi connectivity index (χ0) is 17.3. The first-order valence-corrected chi connectivity index (χ1v) is 8.02. The van der Waals surface area contributed by atoms with E-state index in [-0.39, 0.29) is 18.1 Å². The fourth-order valence-electron chi connectivity index (χ4n) is 2.41. The van der Waals surface area contributed by atoms with Gasteiger partial charge in [-0.15, -0.1) is 12.4 Å². The van der Waals surface area contributed by atoms with Gasteiger partial charge in [-0.05, 0) is 36.2 Å². The number of hydrogen-bond acceptors (Lipinski definition) is 2. The molecule has 130 valence electrons. The van der Waals surface area contributed by atoms with Crippen molar-refractivity contribution in [2.24, 2.45) is 0 Å². The Bertz CT molecular complexity index is 905. The van der Waals surface area contributed by atoms with Crippen LogP contribution in [0.4, 0.5) is 0 Å². The Morgan fingerprint density at radius 1 is 1.08 bits per heavy atom. The van der Waals surface area contributed by atoms with Gasteiger partial charge in [0.1, 0.15) is 0 Å². The Labute approximate surface area is 161 Å². The average molecular weight is 398 g/mol. The van der Waals surface area contributed by atoms with E-state index in [0.717, 1.165) is 22.4 Å². The fourth-order valence-corrected chi connectivity index (χ4v) is 2.73. The van der Waals surface area contributed by atoms with E-state index in [1.807, 2.05) is 37.3 Å². The van der Waals surface area contributed by atoms with Crippen LogP contribution in [0.3, 0.4) is 0 Å². The third-order valence-corrected chi connectivity index (χ3v) is 4.40. The zero-order valence-corrected chi connectivity index (χ0v) is 15.6. The van der Waals surface area contributed by atoms with Gasteiger partial charge in [0.15, 0.2) is 5.69 Å². The number of carboxylic acid groups (broad SMARTS) is 1. The van der Waals surface area contributed by atoms with E-state index >= 15 is 0 Å². The number of rotatable bonds is 4. The first-order valence-electron chi connectivity index (χ1n) is 7.26. The number of aromatic nitrogens is 2. The van der Waals surface area contributed by atoms with E-state index in [9.17, 15) is 9.90 Å². The highest BCUT2D eigenvalue weighted by molar-refractivity contribution is 6.42. The normalized spacial score (nSPS) is 10.4. The molecule has 3 rings (SSSR count). The molecule has 1 aromatic heterocycles. The van der Waals surface area contributed by atoms with Gasteiger partial charge in [0, 0.05) is 0 Å². The molecule has 1 N–H and O–H groups in total. The lowest BCUT2D eigenvalue weighted by atomic mass is 10.1. The number of benzene rings is 2. The first-order chi connectivity index (χ1) is 11.4. The van der Waals surface area contributed by atoms with Crippen LogP contribution in [-0.2, 0) is 6.54 Å². The van der Waals surface area contributed by atoms with Gasteiger partial charge in [-0.25, -0.2) is 4.79 Å². The van der Waals surface area contributed by atoms with Crippen LogP contribution in [0.15, 0.2) is 48.5 Å². The highest BCUT2D eigenvalue weighted by atomic mass is 35.5. The van der Waals surface area contributed by atoms with E-state index < -0.39 is 5.97 Å². The van der Waals surface area contributed by atoms with Crippen LogP contribution in [0.2, 0.25) is 10.0 Å². The molecule has 4 nitrogen and oxygen atoms in total. The number of aromatic carboxylic acids is 1. The van der Waals surface area contributed by atoms with Crippen molar-refractivity contribution in [1.82, 2.24) is 9.78 Å². The SMILES string of the molecule is Cc1ccc(-c2cc(C(=O)O)nn2Cc2ccc(Cl)c(Cl)c2)cc1.Cl. The Morgan fingerprint density at radius 3 is 2.36 bits per heavy atom. The summed E-state index contributed by atoms with van der Waals surface area (Å²) in [5.41, 5.74) is 3.66. The summed E-state index contributed by atoms with van der Waals surface area (Å²) in [6.07, 6.45) is 0. The van der Waals surface area contributed by atoms with Crippen molar-refractivity contribution >= 4 is 41.6 Å². The third-order valence-electron chi connectivity index (χ3n) is 3.66. The molecular weight excluding hydrogens is 383 g/mol. The molecule has 25 heavy (non-hydrogen) atoms. The number of nitrogens with zero attached hydrogens (tertiary/aromatic N) is 2. The highest BCUT2D eigenvalue weighted by Gasteiger charge is 2.15. The van der Waals surface area contributed by atoms with Crippen LogP contribution < -0.4 is 0 Å². The molecule has 0 aliphatic carbocycles. The van der Waals surface area contributed by atoms with Crippen LogP contribution in [0.1, 0.15) is 21.6 Å². The van der Waals surface area contributed by atoms with Gasteiger partial charge in [0.05, 0.1) is 22.3 Å². The van der Waals surface area contributed by atoms with E-state index in [2.05, 4.69) is 5.10 Å². The van der Waals surface area contributed by atoms with E-state index in [4.69, 9.17) is 23.2 Å². The molecule has 0 atom stereocenters. The molecule has 0 saturated carbocycles. The van der Waals surface area contributed by atoms with Crippen molar-refractivity contribution in [2.75, 3.05) is 0 Å². The molecular formula is C18H15Cl3N2O2. The van der Waals surface area contributed by atoms with Crippen LogP contribution in [-0.4, -0.2) is 20.9 Å². The van der Waals surface area contributed by atoms with Crippen LogP contribution in [0.25, 0.3) is 11.3 Å². The maximum atomic E-state index is 11.3. The van der Waals surface area contributed by atoms with Crippen molar-refractivity contribution < 1.29 is 9.90 Å². The van der Waals surface area contributed by atoms with Crippen molar-refractivity contribution in [3.05, 3.63) is 75.4 Å². The molecule has 1 heterocycles. The molecule has 0 aliphatic heterocycles. The second-order valence-electron chi connectivity index (χ2n) is 5.49. The fraction of sp³-hybridized carbons (Fsp3) is 0.111. The lowest BCUT2D eigenvalue weighted by Gasteiger charge is -2.09. The van der Waals surface area contributed by atoms with Crippen molar-refractivity contribution in [1.29, 1.82) is 0 Å². The van der Waals surface area contributed by atoms with Gasteiger partial charge in [-0.3, -0.25) is 4.68 Å². The van der Waals surface area contributed by atoms with Gasteiger partial charge in [-0.2, -0.15) is 5.10 Å². The number of carbonyl (C=O) groups is 1. The summed E-state index contributed by atoms with van der Waals surface area (Å²) in [7, 11) is 0. The first kappa shape index (κ1) is 19.3. The number of halogens is 3. The summed E-state index contributed by atoms with van der Waals surface area (Å²) in [6, 6.07) is 14.7. The Balaban J connectivity index is 0.00000225. The largest absolute Gasteiger partial charge is 0.476 e. The van der Waals surface area contributed by atoms with Crippen LogP contribution in [0, 0.1) is 6.92 Å². The van der Waals surface area contributed by atoms with Gasteiger partial charge in [0.2, 0.25) is 0 Å². The van der Waals surface area contributed by atoms with Crippen LogP contribution in [0.5, 0.6) is 0 Å². The maximum absolute atomic E-state index is 11.3. The quantitative estimate of drug-likeness (QED) is 0.647. The Hall–Kier alpha value is -2.01. The van der Waals surface area contributed by atoms with Gasteiger partial charge < -0.3 is 5.11 Å². The minimum absolute atomic E-state index is 0. The van der Waals surface area contributed by atoms with Gasteiger partial charge in [-0.1, -0.05) is 59.1 Å².